The van der Waals surface area contributed by atoms with Gasteiger partial charge in [-0.25, -0.2) is 4.79 Å². The van der Waals surface area contributed by atoms with Crippen molar-refractivity contribution in [1.29, 1.82) is 0 Å². The maximum absolute atomic E-state index is 11.3. The standard InChI is InChI=1S/C13H9ClO3/c14-12(8-15)13(16)17-11-6-5-9-3-1-2-4-10(9)7-11/h1-8,12H. The van der Waals surface area contributed by atoms with Gasteiger partial charge in [0.2, 0.25) is 0 Å². The van der Waals surface area contributed by atoms with E-state index in [1.165, 1.54) is 0 Å². The van der Waals surface area contributed by atoms with Crippen molar-refractivity contribution in [2.45, 2.75) is 5.38 Å². The molecule has 0 N–H and O–H groups in total. The number of ether oxygens (including phenoxy) is 1. The van der Waals surface area contributed by atoms with Crippen LogP contribution in [-0.4, -0.2) is 17.6 Å². The number of hydrogen-bond donors (Lipinski definition) is 0. The average molecular weight is 249 g/mol. The fraction of sp³-hybridized carbons (Fsp3) is 0.0769. The molecule has 0 amide bonds. The topological polar surface area (TPSA) is 43.4 Å². The highest BCUT2D eigenvalue weighted by molar-refractivity contribution is 6.37. The zero-order valence-corrected chi connectivity index (χ0v) is 9.55. The van der Waals surface area contributed by atoms with Crippen molar-refractivity contribution in [3.63, 3.8) is 0 Å². The van der Waals surface area contributed by atoms with Crippen LogP contribution in [-0.2, 0) is 9.59 Å². The van der Waals surface area contributed by atoms with Crippen LogP contribution in [0.4, 0.5) is 0 Å². The number of carbonyl (C=O) groups excluding carboxylic acids is 2. The first-order valence-electron chi connectivity index (χ1n) is 5.00. The zero-order chi connectivity index (χ0) is 12.3. The number of esters is 1. The molecule has 0 bridgehead atoms. The summed E-state index contributed by atoms with van der Waals surface area (Å²) in [5.74, 6) is -0.391. The van der Waals surface area contributed by atoms with Crippen LogP contribution in [0, 0.1) is 0 Å². The molecule has 4 heteroatoms. The van der Waals surface area contributed by atoms with Crippen molar-refractivity contribution >= 4 is 34.6 Å². The maximum atomic E-state index is 11.3. The van der Waals surface area contributed by atoms with Gasteiger partial charge < -0.3 is 9.53 Å². The molecule has 0 saturated carbocycles. The van der Waals surface area contributed by atoms with Crippen molar-refractivity contribution < 1.29 is 14.3 Å². The van der Waals surface area contributed by atoms with E-state index < -0.39 is 11.3 Å². The highest BCUT2D eigenvalue weighted by atomic mass is 35.5. The van der Waals surface area contributed by atoms with Crippen LogP contribution in [0.2, 0.25) is 0 Å². The number of rotatable bonds is 3. The molecular weight excluding hydrogens is 240 g/mol. The Hall–Kier alpha value is -1.87. The van der Waals surface area contributed by atoms with Gasteiger partial charge in [-0.1, -0.05) is 30.3 Å². The second-order valence-electron chi connectivity index (χ2n) is 3.47. The average Bonchev–Trinajstić information content (AvgIpc) is 2.37. The van der Waals surface area contributed by atoms with Crippen molar-refractivity contribution in [2.75, 3.05) is 0 Å². The minimum atomic E-state index is -1.26. The molecule has 0 fully saturated rings. The molecular formula is C13H9ClO3. The van der Waals surface area contributed by atoms with E-state index >= 15 is 0 Å². The summed E-state index contributed by atoms with van der Waals surface area (Å²) in [6.07, 6.45) is 0.338. The van der Waals surface area contributed by atoms with Crippen molar-refractivity contribution in [1.82, 2.24) is 0 Å². The first-order chi connectivity index (χ1) is 8.20. The second-order valence-corrected chi connectivity index (χ2v) is 3.94. The lowest BCUT2D eigenvalue weighted by molar-refractivity contribution is -0.135. The summed E-state index contributed by atoms with van der Waals surface area (Å²) in [4.78, 5) is 21.6. The van der Waals surface area contributed by atoms with Crippen LogP contribution in [0.15, 0.2) is 42.5 Å². The lowest BCUT2D eigenvalue weighted by Gasteiger charge is -2.05. The molecule has 0 radical (unpaired) electrons. The van der Waals surface area contributed by atoms with E-state index in [2.05, 4.69) is 0 Å². The summed E-state index contributed by atoms with van der Waals surface area (Å²) in [6.45, 7) is 0. The number of hydrogen-bond acceptors (Lipinski definition) is 3. The Balaban J connectivity index is 2.25. The third-order valence-corrected chi connectivity index (χ3v) is 2.57. The van der Waals surface area contributed by atoms with Crippen molar-refractivity contribution in [3.05, 3.63) is 42.5 Å². The number of alkyl halides is 1. The van der Waals surface area contributed by atoms with Gasteiger partial charge in [-0.05, 0) is 22.9 Å². The van der Waals surface area contributed by atoms with E-state index in [0.717, 1.165) is 10.8 Å². The lowest BCUT2D eigenvalue weighted by atomic mass is 10.1. The van der Waals surface area contributed by atoms with E-state index in [9.17, 15) is 9.59 Å². The van der Waals surface area contributed by atoms with Gasteiger partial charge in [0.1, 0.15) is 12.0 Å². The molecule has 0 aromatic heterocycles. The van der Waals surface area contributed by atoms with Crippen LogP contribution in [0.1, 0.15) is 0 Å². The molecule has 2 aromatic rings. The molecule has 2 aromatic carbocycles. The van der Waals surface area contributed by atoms with Crippen LogP contribution >= 0.6 is 11.6 Å². The molecule has 2 rings (SSSR count). The van der Waals surface area contributed by atoms with Crippen LogP contribution < -0.4 is 4.74 Å². The summed E-state index contributed by atoms with van der Waals surface area (Å²) < 4.78 is 4.97. The molecule has 0 aliphatic carbocycles. The van der Waals surface area contributed by atoms with Crippen molar-refractivity contribution in [2.24, 2.45) is 0 Å². The van der Waals surface area contributed by atoms with Crippen LogP contribution in [0.3, 0.4) is 0 Å². The molecule has 86 valence electrons. The third-order valence-electron chi connectivity index (χ3n) is 2.28. The highest BCUT2D eigenvalue weighted by Gasteiger charge is 2.16. The molecule has 0 aliphatic heterocycles. The first kappa shape index (κ1) is 11.6. The molecule has 1 atom stereocenters. The number of carbonyl (C=O) groups is 2. The van der Waals surface area contributed by atoms with Gasteiger partial charge in [-0.3, -0.25) is 0 Å². The highest BCUT2D eigenvalue weighted by Crippen LogP contribution is 2.21. The Labute approximate surface area is 103 Å². The Kier molecular flexibility index (Phi) is 3.40. The van der Waals surface area contributed by atoms with Crippen LogP contribution in [0.25, 0.3) is 10.8 Å². The Morgan fingerprint density at radius 2 is 1.88 bits per heavy atom. The van der Waals surface area contributed by atoms with Gasteiger partial charge in [0.15, 0.2) is 5.38 Å². The smallest absolute Gasteiger partial charge is 0.336 e. The molecule has 1 unspecified atom stereocenters. The van der Waals surface area contributed by atoms with Gasteiger partial charge in [0.25, 0.3) is 0 Å². The second kappa shape index (κ2) is 4.97. The normalized spacial score (nSPS) is 12.1. The predicted molar refractivity (Wildman–Crippen MR) is 65.3 cm³/mol. The minimum absolute atomic E-state index is 0.338. The molecule has 0 aliphatic rings. The van der Waals surface area contributed by atoms with Crippen molar-refractivity contribution in [3.8, 4) is 5.75 Å². The molecule has 0 saturated heterocycles. The lowest BCUT2D eigenvalue weighted by Crippen LogP contribution is -2.21. The largest absolute Gasteiger partial charge is 0.425 e. The first-order valence-corrected chi connectivity index (χ1v) is 5.44. The summed E-state index contributed by atoms with van der Waals surface area (Å²) in [5, 5.41) is 0.738. The number of fused-ring (bicyclic) bond motifs is 1. The molecule has 17 heavy (non-hydrogen) atoms. The van der Waals surface area contributed by atoms with E-state index in [1.807, 2.05) is 30.3 Å². The SMILES string of the molecule is O=CC(Cl)C(=O)Oc1ccc2ccccc2c1. The van der Waals surface area contributed by atoms with Gasteiger partial charge in [0.05, 0.1) is 0 Å². The Morgan fingerprint density at radius 1 is 1.18 bits per heavy atom. The van der Waals surface area contributed by atoms with E-state index in [-0.39, 0.29) is 0 Å². The number of benzene rings is 2. The third kappa shape index (κ3) is 2.63. The number of halogens is 1. The maximum Gasteiger partial charge on any atom is 0.336 e. The van der Waals surface area contributed by atoms with E-state index in [0.29, 0.717) is 12.0 Å². The molecule has 0 spiro atoms. The van der Waals surface area contributed by atoms with Gasteiger partial charge in [0, 0.05) is 0 Å². The van der Waals surface area contributed by atoms with Crippen LogP contribution in [0.5, 0.6) is 5.75 Å². The molecule has 3 nitrogen and oxygen atoms in total. The fourth-order valence-electron chi connectivity index (χ4n) is 1.46. The summed E-state index contributed by atoms with van der Waals surface area (Å²) >= 11 is 5.44. The minimum Gasteiger partial charge on any atom is -0.425 e. The number of aldehydes is 1. The Bertz CT molecular complexity index is 565. The summed E-state index contributed by atoms with van der Waals surface area (Å²) in [5.41, 5.74) is 0. The van der Waals surface area contributed by atoms with Gasteiger partial charge in [-0.15, -0.1) is 11.6 Å². The van der Waals surface area contributed by atoms with Gasteiger partial charge in [-0.2, -0.15) is 0 Å². The fourth-order valence-corrected chi connectivity index (χ4v) is 1.50. The summed E-state index contributed by atoms with van der Waals surface area (Å²) in [6, 6.07) is 12.9. The Morgan fingerprint density at radius 3 is 2.59 bits per heavy atom. The monoisotopic (exact) mass is 248 g/mol. The predicted octanol–water partition coefficient (Wildman–Crippen LogP) is 2.55. The quantitative estimate of drug-likeness (QED) is 0.276. The van der Waals surface area contributed by atoms with Gasteiger partial charge >= 0.3 is 5.97 Å². The summed E-state index contributed by atoms with van der Waals surface area (Å²) in [7, 11) is 0. The molecule has 0 heterocycles. The van der Waals surface area contributed by atoms with E-state index in [4.69, 9.17) is 16.3 Å². The zero-order valence-electron chi connectivity index (χ0n) is 8.80. The van der Waals surface area contributed by atoms with E-state index in [1.54, 1.807) is 12.1 Å².